The highest BCUT2D eigenvalue weighted by molar-refractivity contribution is 5.94. The molecule has 0 rings (SSSR count). The van der Waals surface area contributed by atoms with Crippen molar-refractivity contribution in [2.45, 2.75) is 89.1 Å². The van der Waals surface area contributed by atoms with Crippen molar-refractivity contribution in [2.24, 2.45) is 17.2 Å². The topological polar surface area (TPSA) is 415 Å². The first kappa shape index (κ1) is 50.1. The van der Waals surface area contributed by atoms with Crippen LogP contribution in [0, 0.1) is 0 Å². The normalized spacial score (nSPS) is 13.8. The van der Waals surface area contributed by atoms with Crippen LogP contribution < -0.4 is 65.1 Å². The van der Waals surface area contributed by atoms with Gasteiger partial charge in [-0.3, -0.25) is 52.7 Å². The number of aliphatic carboxylic acids is 1. The third kappa shape index (κ3) is 21.7. The number of nitrogens with one attached hydrogen (secondary N) is 9. The van der Waals surface area contributed by atoms with Gasteiger partial charge in [-0.15, -0.1) is 0 Å². The Hall–Kier alpha value is -5.95. The van der Waals surface area contributed by atoms with Gasteiger partial charge in [0.2, 0.25) is 59.1 Å². The number of carboxylic acid groups (broad SMARTS) is 1. The molecule has 25 nitrogen and oxygen atoms in total. The molecule has 6 unspecified atom stereocenters. The average molecular weight is 803 g/mol. The minimum Gasteiger partial charge on any atom is -0.480 e. The van der Waals surface area contributed by atoms with E-state index >= 15 is 0 Å². The largest absolute Gasteiger partial charge is 0.480 e. The molecule has 25 heteroatoms. The molecule has 0 aliphatic rings. The Morgan fingerprint density at radius 1 is 0.554 bits per heavy atom. The molecule has 6 atom stereocenters. The molecule has 10 amide bonds. The van der Waals surface area contributed by atoms with E-state index in [0.717, 1.165) is 0 Å². The SMILES string of the molecule is CC(N)C(=O)NC(CCC(=O)NC(CCCCNC(=O)CNC(=O)CNC(=O)C(CO)NC(=O)CNC(=O)CN)C(=O)NC(C)C(=O)NC(C)C(=O)O)C(N)=O. The molecular weight excluding hydrogens is 748 g/mol. The molecule has 56 heavy (non-hydrogen) atoms. The fraction of sp³-hybridized carbons (Fsp3) is 0.645. The molecule has 0 saturated carbocycles. The van der Waals surface area contributed by atoms with Gasteiger partial charge in [0.05, 0.1) is 38.8 Å². The van der Waals surface area contributed by atoms with Gasteiger partial charge >= 0.3 is 5.97 Å². The van der Waals surface area contributed by atoms with Crippen LogP contribution in [0.25, 0.3) is 0 Å². The van der Waals surface area contributed by atoms with Gasteiger partial charge in [0.1, 0.15) is 30.2 Å². The summed E-state index contributed by atoms with van der Waals surface area (Å²) in [6.45, 7) is 1.17. The first-order valence-electron chi connectivity index (χ1n) is 17.4. The van der Waals surface area contributed by atoms with Gasteiger partial charge in [-0.2, -0.15) is 0 Å². The van der Waals surface area contributed by atoms with Crippen molar-refractivity contribution in [1.29, 1.82) is 0 Å². The van der Waals surface area contributed by atoms with Gasteiger partial charge in [-0.1, -0.05) is 0 Å². The Morgan fingerprint density at radius 2 is 1.11 bits per heavy atom. The molecule has 0 radical (unpaired) electrons. The third-order valence-electron chi connectivity index (χ3n) is 7.44. The van der Waals surface area contributed by atoms with Crippen molar-refractivity contribution in [3.63, 3.8) is 0 Å². The van der Waals surface area contributed by atoms with Crippen molar-refractivity contribution in [3.8, 4) is 0 Å². The Labute approximate surface area is 321 Å². The average Bonchev–Trinajstić information content (AvgIpc) is 3.14. The molecule has 0 heterocycles. The summed E-state index contributed by atoms with van der Waals surface area (Å²) in [4.78, 5) is 133. The molecule has 0 aromatic rings. The molecule has 316 valence electrons. The summed E-state index contributed by atoms with van der Waals surface area (Å²) in [5.74, 6) is -8.98. The van der Waals surface area contributed by atoms with Crippen molar-refractivity contribution < 1.29 is 63.0 Å². The number of hydrogen-bond donors (Lipinski definition) is 14. The van der Waals surface area contributed by atoms with Gasteiger partial charge in [0, 0.05) is 13.0 Å². The summed E-state index contributed by atoms with van der Waals surface area (Å²) in [6, 6.07) is -7.32. The van der Waals surface area contributed by atoms with E-state index in [9.17, 15) is 57.8 Å². The highest BCUT2D eigenvalue weighted by Gasteiger charge is 2.27. The van der Waals surface area contributed by atoms with Crippen molar-refractivity contribution >= 4 is 65.0 Å². The Morgan fingerprint density at radius 3 is 1.68 bits per heavy atom. The van der Waals surface area contributed by atoms with E-state index in [1.165, 1.54) is 20.8 Å². The number of carbonyl (C=O) groups is 11. The van der Waals surface area contributed by atoms with Crippen molar-refractivity contribution in [2.75, 3.05) is 39.3 Å². The van der Waals surface area contributed by atoms with Crippen molar-refractivity contribution in [1.82, 2.24) is 47.9 Å². The quantitative estimate of drug-likeness (QED) is 0.0343. The van der Waals surface area contributed by atoms with Gasteiger partial charge in [-0.25, -0.2) is 0 Å². The Bertz CT molecular complexity index is 1430. The number of unbranched alkanes of at least 4 members (excludes halogenated alkanes) is 1. The Balaban J connectivity index is 5.06. The van der Waals surface area contributed by atoms with E-state index in [4.69, 9.17) is 22.3 Å². The smallest absolute Gasteiger partial charge is 0.325 e. The minimum atomic E-state index is -1.43. The summed E-state index contributed by atoms with van der Waals surface area (Å²) in [6.07, 6.45) is -0.109. The lowest BCUT2D eigenvalue weighted by Crippen LogP contribution is -2.54. The van der Waals surface area contributed by atoms with E-state index in [1.54, 1.807) is 0 Å². The molecule has 0 aromatic carbocycles. The van der Waals surface area contributed by atoms with Gasteiger partial charge in [0.25, 0.3) is 0 Å². The minimum absolute atomic E-state index is 0.0119. The van der Waals surface area contributed by atoms with E-state index < -0.39 is 128 Å². The highest BCUT2D eigenvalue weighted by atomic mass is 16.4. The standard InChI is InChI=1S/C31H54N12O13/c1-15(33)27(51)43-18(26(34)50)7-8-21(45)41-19(30(54)39-16(2)28(52)40-17(3)31(55)56)6-4-5-9-35-23(47)11-37-24(48)12-38-29(53)20(14-44)42-25(49)13-36-22(46)10-32/h15-20,44H,4-14,32-33H2,1-3H3,(H2,34,50)(H,35,47)(H,36,46)(H,37,48)(H,38,53)(H,39,54)(H,40,52)(H,41,45)(H,42,49)(H,43,51)(H,55,56). The Kier molecular flexibility index (Phi) is 23.9. The fourth-order valence-electron chi connectivity index (χ4n) is 4.17. The number of primary amides is 1. The fourth-order valence-corrected chi connectivity index (χ4v) is 4.17. The van der Waals surface area contributed by atoms with Crippen LogP contribution in [0.3, 0.4) is 0 Å². The summed E-state index contributed by atoms with van der Waals surface area (Å²) in [7, 11) is 0. The van der Waals surface area contributed by atoms with E-state index in [-0.39, 0.29) is 45.2 Å². The predicted octanol–water partition coefficient (Wildman–Crippen LogP) is -8.27. The number of carboxylic acids is 1. The molecular formula is C31H54N12O13. The number of aliphatic hydroxyl groups excluding tert-OH is 1. The number of amides is 10. The van der Waals surface area contributed by atoms with Gasteiger partial charge in [0.15, 0.2) is 0 Å². The van der Waals surface area contributed by atoms with Crippen molar-refractivity contribution in [3.05, 3.63) is 0 Å². The predicted molar refractivity (Wildman–Crippen MR) is 193 cm³/mol. The maximum atomic E-state index is 13.1. The van der Waals surface area contributed by atoms with Crippen LogP contribution in [-0.2, 0) is 52.7 Å². The lowest BCUT2D eigenvalue weighted by atomic mass is 10.1. The molecule has 0 fully saturated rings. The molecule has 0 aliphatic carbocycles. The van der Waals surface area contributed by atoms with Crippen LogP contribution in [0.4, 0.5) is 0 Å². The number of carbonyl (C=O) groups excluding carboxylic acids is 10. The first-order valence-corrected chi connectivity index (χ1v) is 17.4. The lowest BCUT2D eigenvalue weighted by molar-refractivity contribution is -0.141. The highest BCUT2D eigenvalue weighted by Crippen LogP contribution is 2.05. The van der Waals surface area contributed by atoms with E-state index in [1.807, 2.05) is 0 Å². The molecule has 0 aromatic heterocycles. The summed E-state index contributed by atoms with van der Waals surface area (Å²) >= 11 is 0. The molecule has 17 N–H and O–H groups in total. The summed E-state index contributed by atoms with van der Waals surface area (Å²) in [5, 5.41) is 39.1. The monoisotopic (exact) mass is 802 g/mol. The lowest BCUT2D eigenvalue weighted by Gasteiger charge is -2.22. The molecule has 0 saturated heterocycles. The molecule has 0 spiro atoms. The number of aliphatic hydroxyl groups is 1. The maximum absolute atomic E-state index is 13.1. The molecule has 0 bridgehead atoms. The maximum Gasteiger partial charge on any atom is 0.325 e. The van der Waals surface area contributed by atoms with Crippen LogP contribution in [0.2, 0.25) is 0 Å². The second kappa shape index (κ2) is 26.8. The van der Waals surface area contributed by atoms with Crippen LogP contribution in [0.1, 0.15) is 52.9 Å². The van der Waals surface area contributed by atoms with Gasteiger partial charge < -0.3 is 75.3 Å². The number of rotatable bonds is 27. The number of nitrogens with two attached hydrogens (primary N) is 3. The van der Waals surface area contributed by atoms with Gasteiger partial charge in [-0.05, 0) is 46.5 Å². The van der Waals surface area contributed by atoms with E-state index in [2.05, 4.69) is 47.9 Å². The zero-order chi connectivity index (χ0) is 43.0. The van der Waals surface area contributed by atoms with Crippen LogP contribution in [0.15, 0.2) is 0 Å². The van der Waals surface area contributed by atoms with Crippen LogP contribution in [0.5, 0.6) is 0 Å². The molecule has 0 aliphatic heterocycles. The zero-order valence-electron chi connectivity index (χ0n) is 31.4. The second-order valence-electron chi connectivity index (χ2n) is 12.3. The number of hydrogen-bond acceptors (Lipinski definition) is 14. The summed E-state index contributed by atoms with van der Waals surface area (Å²) in [5.41, 5.74) is 15.9. The first-order chi connectivity index (χ1) is 26.2. The van der Waals surface area contributed by atoms with Crippen LogP contribution in [-0.4, -0.2) is 151 Å². The summed E-state index contributed by atoms with van der Waals surface area (Å²) < 4.78 is 0. The zero-order valence-corrected chi connectivity index (χ0v) is 31.4. The third-order valence-corrected chi connectivity index (χ3v) is 7.44. The second-order valence-corrected chi connectivity index (χ2v) is 12.3. The van der Waals surface area contributed by atoms with Crippen LogP contribution >= 0.6 is 0 Å². The van der Waals surface area contributed by atoms with E-state index in [0.29, 0.717) is 0 Å².